The SMILES string of the molecule is CC12CC(O)C(O)C=C1c1cc(O)cc(O)c1C(=O)O2. The van der Waals surface area contributed by atoms with Gasteiger partial charge in [-0.15, -0.1) is 0 Å². The molecule has 0 radical (unpaired) electrons. The molecule has 20 heavy (non-hydrogen) atoms. The van der Waals surface area contributed by atoms with Crippen molar-refractivity contribution in [2.75, 3.05) is 0 Å². The highest BCUT2D eigenvalue weighted by atomic mass is 16.6. The summed E-state index contributed by atoms with van der Waals surface area (Å²) in [6.45, 7) is 1.62. The van der Waals surface area contributed by atoms with Crippen LogP contribution in [0.3, 0.4) is 0 Å². The Morgan fingerprint density at radius 2 is 2.00 bits per heavy atom. The number of ether oxygens (including phenoxy) is 1. The molecule has 0 saturated carbocycles. The monoisotopic (exact) mass is 278 g/mol. The van der Waals surface area contributed by atoms with Crippen LogP contribution in [0.5, 0.6) is 11.5 Å². The summed E-state index contributed by atoms with van der Waals surface area (Å²) >= 11 is 0. The van der Waals surface area contributed by atoms with Crippen LogP contribution in [0, 0.1) is 0 Å². The van der Waals surface area contributed by atoms with Crippen molar-refractivity contribution in [3.63, 3.8) is 0 Å². The zero-order valence-electron chi connectivity index (χ0n) is 10.7. The van der Waals surface area contributed by atoms with Crippen LogP contribution in [0.4, 0.5) is 0 Å². The largest absolute Gasteiger partial charge is 0.508 e. The van der Waals surface area contributed by atoms with Gasteiger partial charge >= 0.3 is 5.97 Å². The number of hydrogen-bond acceptors (Lipinski definition) is 6. The van der Waals surface area contributed by atoms with Gasteiger partial charge in [0.25, 0.3) is 0 Å². The van der Waals surface area contributed by atoms with Gasteiger partial charge in [0.1, 0.15) is 22.7 Å². The van der Waals surface area contributed by atoms with Gasteiger partial charge in [0.05, 0.1) is 12.2 Å². The molecule has 106 valence electrons. The first kappa shape index (κ1) is 13.0. The van der Waals surface area contributed by atoms with Crippen LogP contribution in [-0.2, 0) is 4.74 Å². The molecule has 0 aromatic heterocycles. The molecule has 2 aliphatic rings. The predicted molar refractivity (Wildman–Crippen MR) is 68.2 cm³/mol. The van der Waals surface area contributed by atoms with E-state index in [1.807, 2.05) is 0 Å². The molecule has 3 unspecified atom stereocenters. The van der Waals surface area contributed by atoms with Gasteiger partial charge in [0.2, 0.25) is 0 Å². The van der Waals surface area contributed by atoms with E-state index >= 15 is 0 Å². The van der Waals surface area contributed by atoms with Crippen molar-refractivity contribution in [3.8, 4) is 11.5 Å². The van der Waals surface area contributed by atoms with Crippen LogP contribution < -0.4 is 0 Å². The van der Waals surface area contributed by atoms with E-state index < -0.39 is 23.8 Å². The van der Waals surface area contributed by atoms with Gasteiger partial charge in [0, 0.05) is 23.6 Å². The Balaban J connectivity index is 2.28. The highest BCUT2D eigenvalue weighted by molar-refractivity contribution is 6.03. The third kappa shape index (κ3) is 1.69. The van der Waals surface area contributed by atoms with Gasteiger partial charge in [0.15, 0.2) is 0 Å². The van der Waals surface area contributed by atoms with Gasteiger partial charge in [-0.25, -0.2) is 4.79 Å². The lowest BCUT2D eigenvalue weighted by Gasteiger charge is -2.42. The minimum Gasteiger partial charge on any atom is -0.508 e. The van der Waals surface area contributed by atoms with E-state index in [2.05, 4.69) is 0 Å². The highest BCUT2D eigenvalue weighted by Gasteiger charge is 2.47. The van der Waals surface area contributed by atoms with Gasteiger partial charge < -0.3 is 25.2 Å². The van der Waals surface area contributed by atoms with E-state index in [-0.39, 0.29) is 23.5 Å². The van der Waals surface area contributed by atoms with Crippen LogP contribution in [-0.4, -0.2) is 44.2 Å². The number of fused-ring (bicyclic) bond motifs is 3. The second-order valence-electron chi connectivity index (χ2n) is 5.35. The number of phenolic OH excluding ortho intramolecular Hbond substituents is 2. The van der Waals surface area contributed by atoms with Crippen molar-refractivity contribution in [1.82, 2.24) is 0 Å². The second-order valence-corrected chi connectivity index (χ2v) is 5.35. The Morgan fingerprint density at radius 3 is 2.70 bits per heavy atom. The van der Waals surface area contributed by atoms with Crippen LogP contribution in [0.15, 0.2) is 18.2 Å². The van der Waals surface area contributed by atoms with Crippen LogP contribution in [0.25, 0.3) is 5.57 Å². The van der Waals surface area contributed by atoms with Crippen molar-refractivity contribution in [1.29, 1.82) is 0 Å². The molecular formula is C14H14O6. The minimum absolute atomic E-state index is 0.0433. The Morgan fingerprint density at radius 1 is 1.30 bits per heavy atom. The van der Waals surface area contributed by atoms with Crippen molar-refractivity contribution in [2.24, 2.45) is 0 Å². The quantitative estimate of drug-likeness (QED) is 0.516. The standard InChI is InChI=1S/C14H14O6/c1-14-5-11(18)9(16)4-8(14)7-2-6(15)3-10(17)12(7)13(19)20-14/h2-4,9,11,15-18H,5H2,1H3. The summed E-state index contributed by atoms with van der Waals surface area (Å²) in [6.07, 6.45) is -0.698. The maximum Gasteiger partial charge on any atom is 0.343 e. The zero-order chi connectivity index (χ0) is 14.7. The van der Waals surface area contributed by atoms with Crippen LogP contribution >= 0.6 is 0 Å². The van der Waals surface area contributed by atoms with Crippen LogP contribution in [0.2, 0.25) is 0 Å². The Bertz CT molecular complexity index is 635. The molecule has 4 N–H and O–H groups in total. The zero-order valence-corrected chi connectivity index (χ0v) is 10.7. The lowest BCUT2D eigenvalue weighted by Crippen LogP contribution is -2.47. The fraction of sp³-hybridized carbons (Fsp3) is 0.357. The predicted octanol–water partition coefficient (Wildman–Crippen LogP) is 0.536. The summed E-state index contributed by atoms with van der Waals surface area (Å²) in [5.74, 6) is -1.30. The fourth-order valence-corrected chi connectivity index (χ4v) is 2.85. The first-order valence-electron chi connectivity index (χ1n) is 6.20. The molecule has 1 aromatic carbocycles. The Kier molecular flexibility index (Phi) is 2.57. The van der Waals surface area contributed by atoms with Gasteiger partial charge in [-0.3, -0.25) is 0 Å². The number of esters is 1. The summed E-state index contributed by atoms with van der Waals surface area (Å²) in [6, 6.07) is 2.39. The normalized spacial score (nSPS) is 31.9. The molecule has 1 aromatic rings. The number of carbonyl (C=O) groups excluding carboxylic acids is 1. The van der Waals surface area contributed by atoms with Gasteiger partial charge in [-0.2, -0.15) is 0 Å². The van der Waals surface area contributed by atoms with E-state index in [9.17, 15) is 25.2 Å². The number of hydrogen-bond donors (Lipinski definition) is 4. The van der Waals surface area contributed by atoms with E-state index in [1.165, 1.54) is 12.1 Å². The molecule has 1 aliphatic carbocycles. The summed E-state index contributed by atoms with van der Waals surface area (Å²) in [5, 5.41) is 38.9. The number of carbonyl (C=O) groups is 1. The molecule has 3 rings (SSSR count). The molecule has 0 fully saturated rings. The first-order valence-corrected chi connectivity index (χ1v) is 6.20. The molecule has 6 nitrogen and oxygen atoms in total. The number of benzene rings is 1. The Hall–Kier alpha value is -2.05. The van der Waals surface area contributed by atoms with Crippen molar-refractivity contribution in [3.05, 3.63) is 29.3 Å². The summed E-state index contributed by atoms with van der Waals surface area (Å²) in [7, 11) is 0. The molecule has 0 spiro atoms. The van der Waals surface area contributed by atoms with E-state index in [0.29, 0.717) is 11.1 Å². The second kappa shape index (κ2) is 3.97. The molecule has 1 heterocycles. The maximum atomic E-state index is 12.0. The summed E-state index contributed by atoms with van der Waals surface area (Å²) < 4.78 is 5.32. The number of aliphatic hydroxyl groups excluding tert-OH is 2. The molecule has 0 saturated heterocycles. The number of aromatic hydroxyl groups is 2. The molecule has 6 heteroatoms. The van der Waals surface area contributed by atoms with E-state index in [1.54, 1.807) is 6.92 Å². The molecule has 3 atom stereocenters. The lowest BCUT2D eigenvalue weighted by atomic mass is 9.75. The van der Waals surface area contributed by atoms with Crippen molar-refractivity contribution in [2.45, 2.75) is 31.2 Å². The topological polar surface area (TPSA) is 107 Å². The maximum absolute atomic E-state index is 12.0. The number of aliphatic hydroxyl groups is 2. The molecular weight excluding hydrogens is 264 g/mol. The smallest absolute Gasteiger partial charge is 0.343 e. The fourth-order valence-electron chi connectivity index (χ4n) is 2.85. The van der Waals surface area contributed by atoms with Crippen molar-refractivity contribution < 1.29 is 30.0 Å². The highest BCUT2D eigenvalue weighted by Crippen LogP contribution is 2.47. The average Bonchev–Trinajstić information content (AvgIpc) is 2.31. The lowest BCUT2D eigenvalue weighted by molar-refractivity contribution is -0.0387. The van der Waals surface area contributed by atoms with Gasteiger partial charge in [-0.05, 0) is 19.1 Å². The first-order chi connectivity index (χ1) is 9.32. The van der Waals surface area contributed by atoms with E-state index in [4.69, 9.17) is 4.74 Å². The summed E-state index contributed by atoms with van der Waals surface area (Å²) in [5.41, 5.74) is -0.360. The van der Waals surface area contributed by atoms with Crippen LogP contribution in [0.1, 0.15) is 29.3 Å². The Labute approximate surface area is 114 Å². The molecule has 0 amide bonds. The number of rotatable bonds is 0. The third-order valence-corrected chi connectivity index (χ3v) is 3.81. The molecule has 0 bridgehead atoms. The average molecular weight is 278 g/mol. The van der Waals surface area contributed by atoms with Crippen molar-refractivity contribution >= 4 is 11.5 Å². The third-order valence-electron chi connectivity index (χ3n) is 3.81. The van der Waals surface area contributed by atoms with Gasteiger partial charge in [-0.1, -0.05) is 0 Å². The minimum atomic E-state index is -1.09. The summed E-state index contributed by atoms with van der Waals surface area (Å²) in [4.78, 5) is 12.0. The van der Waals surface area contributed by atoms with E-state index in [0.717, 1.165) is 6.07 Å². The number of phenols is 2. The molecule has 1 aliphatic heterocycles.